The minimum Gasteiger partial charge on any atom is -0.345 e. The zero-order chi connectivity index (χ0) is 30.3. The van der Waals surface area contributed by atoms with Crippen molar-refractivity contribution in [3.05, 3.63) is 102 Å². The Hall–Kier alpha value is -4.64. The lowest BCUT2D eigenvalue weighted by atomic mass is 9.84. The third-order valence-electron chi connectivity index (χ3n) is 8.68. The van der Waals surface area contributed by atoms with Gasteiger partial charge in [-0.1, -0.05) is 59.7 Å². The minimum absolute atomic E-state index is 0.0422. The fraction of sp³-hybridized carbons (Fsp3) is 0.263. The van der Waals surface area contributed by atoms with Crippen LogP contribution >= 0.6 is 0 Å². The maximum Gasteiger partial charge on any atom is 0.147 e. The maximum atomic E-state index is 5.40. The van der Waals surface area contributed by atoms with Crippen molar-refractivity contribution in [2.45, 2.75) is 59.3 Å². The number of H-pyrrole nitrogens is 1. The molecule has 43 heavy (non-hydrogen) atoms. The second-order valence-electron chi connectivity index (χ2n) is 13.9. The molecule has 0 bridgehead atoms. The lowest BCUT2D eigenvalue weighted by Crippen LogP contribution is -2.11. The highest BCUT2D eigenvalue weighted by molar-refractivity contribution is 6.08. The van der Waals surface area contributed by atoms with Gasteiger partial charge in [-0.25, -0.2) is 9.97 Å². The van der Waals surface area contributed by atoms with Crippen molar-refractivity contribution in [1.29, 1.82) is 0 Å². The van der Waals surface area contributed by atoms with Gasteiger partial charge in [0.25, 0.3) is 0 Å². The molecule has 5 nitrogen and oxygen atoms in total. The summed E-state index contributed by atoms with van der Waals surface area (Å²) in [5.74, 6) is 1.98. The van der Waals surface area contributed by atoms with E-state index in [1.54, 1.807) is 0 Å². The van der Waals surface area contributed by atoms with Crippen molar-refractivity contribution < 1.29 is 0 Å². The molecule has 0 fully saturated rings. The first kappa shape index (κ1) is 27.2. The average Bonchev–Trinajstić information content (AvgIpc) is 3.64. The van der Waals surface area contributed by atoms with Crippen LogP contribution in [0.5, 0.6) is 0 Å². The molecular formula is C38H39N5. The summed E-state index contributed by atoms with van der Waals surface area (Å²) in [6.45, 7) is 15.7. The number of para-hydroxylation sites is 2. The number of fused-ring (bicyclic) bond motifs is 4. The number of hydrogen-bond acceptors (Lipinski definition) is 2. The van der Waals surface area contributed by atoms with Gasteiger partial charge >= 0.3 is 0 Å². The molecule has 0 aliphatic carbocycles. The molecule has 7 rings (SSSR count). The summed E-state index contributed by atoms with van der Waals surface area (Å²) in [6, 6.07) is 30.7. The molecule has 3 aromatic carbocycles. The third-order valence-corrected chi connectivity index (χ3v) is 8.68. The summed E-state index contributed by atoms with van der Waals surface area (Å²) in [6.07, 6.45) is 0. The highest BCUT2D eigenvalue weighted by Gasteiger charge is 2.22. The first-order valence-electron chi connectivity index (χ1n) is 15.1. The molecule has 0 amide bonds. The Morgan fingerprint density at radius 2 is 1.40 bits per heavy atom. The molecule has 1 N–H and O–H groups in total. The fourth-order valence-electron chi connectivity index (χ4n) is 6.12. The van der Waals surface area contributed by atoms with Gasteiger partial charge in [-0.3, -0.25) is 4.57 Å². The molecule has 0 saturated heterocycles. The number of pyridine rings is 1. The Morgan fingerprint density at radius 3 is 2.09 bits per heavy atom. The Kier molecular flexibility index (Phi) is 5.97. The number of hydrogen-bond donors (Lipinski definition) is 1. The predicted octanol–water partition coefficient (Wildman–Crippen LogP) is 9.63. The van der Waals surface area contributed by atoms with E-state index >= 15 is 0 Å². The third kappa shape index (κ3) is 4.55. The van der Waals surface area contributed by atoms with Crippen LogP contribution in [0.4, 0.5) is 0 Å². The summed E-state index contributed by atoms with van der Waals surface area (Å²) < 4.78 is 4.46. The van der Waals surface area contributed by atoms with Gasteiger partial charge in [-0.2, -0.15) is 0 Å². The van der Waals surface area contributed by atoms with Crippen LogP contribution in [-0.4, -0.2) is 24.1 Å². The van der Waals surface area contributed by atoms with Gasteiger partial charge in [0.1, 0.15) is 17.3 Å². The Bertz CT molecular complexity index is 2170. The molecule has 216 valence electrons. The van der Waals surface area contributed by atoms with Crippen LogP contribution in [0.15, 0.2) is 84.9 Å². The smallest absolute Gasteiger partial charge is 0.147 e. The SMILES string of the molecule is Cc1ccc(-n2c3ccc(C(C)(C)C)cc3c3ccc(-c4cc(-c5nc6ccccc6n5C)cc(C(C)(C)C)c4)nc32)[nH]1. The summed E-state index contributed by atoms with van der Waals surface area (Å²) >= 11 is 0. The number of aromatic amines is 1. The van der Waals surface area contributed by atoms with Crippen molar-refractivity contribution >= 4 is 33.0 Å². The number of rotatable bonds is 3. The van der Waals surface area contributed by atoms with E-state index in [2.05, 4.69) is 148 Å². The number of benzene rings is 3. The van der Waals surface area contributed by atoms with Crippen molar-refractivity contribution in [2.24, 2.45) is 7.05 Å². The number of nitrogens with zero attached hydrogens (tertiary/aromatic N) is 4. The number of aryl methyl sites for hydroxylation is 2. The minimum atomic E-state index is -0.0422. The monoisotopic (exact) mass is 565 g/mol. The molecule has 7 aromatic rings. The van der Waals surface area contributed by atoms with Crippen LogP contribution in [0.3, 0.4) is 0 Å². The van der Waals surface area contributed by atoms with E-state index in [1.165, 1.54) is 16.5 Å². The number of aromatic nitrogens is 5. The number of imidazole rings is 1. The second-order valence-corrected chi connectivity index (χ2v) is 13.9. The van der Waals surface area contributed by atoms with Gasteiger partial charge in [-0.05, 0) is 95.6 Å². The zero-order valence-electron chi connectivity index (χ0n) is 26.4. The van der Waals surface area contributed by atoms with Crippen LogP contribution in [0, 0.1) is 6.92 Å². The second kappa shape index (κ2) is 9.43. The predicted molar refractivity (Wildman–Crippen MR) is 180 cm³/mol. The average molecular weight is 566 g/mol. The van der Waals surface area contributed by atoms with Gasteiger partial charge in [0.2, 0.25) is 0 Å². The van der Waals surface area contributed by atoms with Gasteiger partial charge in [-0.15, -0.1) is 0 Å². The topological polar surface area (TPSA) is 51.4 Å². The Labute approximate surface area is 253 Å². The van der Waals surface area contributed by atoms with E-state index in [0.717, 1.165) is 61.7 Å². The quantitative estimate of drug-likeness (QED) is 0.232. The highest BCUT2D eigenvalue weighted by atomic mass is 15.1. The van der Waals surface area contributed by atoms with E-state index in [4.69, 9.17) is 9.97 Å². The lowest BCUT2D eigenvalue weighted by Gasteiger charge is -2.21. The van der Waals surface area contributed by atoms with Crippen LogP contribution < -0.4 is 0 Å². The molecule has 0 atom stereocenters. The summed E-state index contributed by atoms with van der Waals surface area (Å²) in [5.41, 5.74) is 11.1. The summed E-state index contributed by atoms with van der Waals surface area (Å²) in [5, 5.41) is 2.37. The van der Waals surface area contributed by atoms with E-state index in [1.807, 2.05) is 6.07 Å². The molecule has 0 spiro atoms. The fourth-order valence-corrected chi connectivity index (χ4v) is 6.12. The summed E-state index contributed by atoms with van der Waals surface area (Å²) in [7, 11) is 2.10. The molecule has 0 saturated carbocycles. The molecule has 0 aliphatic heterocycles. The van der Waals surface area contributed by atoms with Crippen molar-refractivity contribution in [1.82, 2.24) is 24.1 Å². The molecule has 0 aliphatic rings. The van der Waals surface area contributed by atoms with Crippen molar-refractivity contribution in [3.63, 3.8) is 0 Å². The standard InChI is InChI=1S/C38H39N5/c1-23-13-18-34(39-23)43-32-17-14-26(37(2,3)4)22-29(32)28-15-16-30(40-36(28)43)24-19-25(21-27(20-24)38(5,6)7)35-41-31-11-9-10-12-33(31)42(35)8/h9-22,39H,1-8H3. The molecule has 0 unspecified atom stereocenters. The lowest BCUT2D eigenvalue weighted by molar-refractivity contribution is 0.590. The largest absolute Gasteiger partial charge is 0.345 e. The van der Waals surface area contributed by atoms with E-state index in [9.17, 15) is 0 Å². The number of nitrogens with one attached hydrogen (secondary N) is 1. The Morgan fingerprint density at radius 1 is 0.651 bits per heavy atom. The maximum absolute atomic E-state index is 5.40. The van der Waals surface area contributed by atoms with E-state index < -0.39 is 0 Å². The van der Waals surface area contributed by atoms with Gasteiger partial charge in [0, 0.05) is 34.6 Å². The van der Waals surface area contributed by atoms with Crippen LogP contribution in [-0.2, 0) is 17.9 Å². The Balaban J connectivity index is 1.49. The molecule has 0 radical (unpaired) electrons. The van der Waals surface area contributed by atoms with Crippen molar-refractivity contribution in [2.75, 3.05) is 0 Å². The van der Waals surface area contributed by atoms with Gasteiger partial charge in [0.05, 0.1) is 22.2 Å². The van der Waals surface area contributed by atoms with E-state index in [-0.39, 0.29) is 10.8 Å². The summed E-state index contributed by atoms with van der Waals surface area (Å²) in [4.78, 5) is 14.0. The molecule has 4 aromatic heterocycles. The first-order valence-corrected chi connectivity index (χ1v) is 15.1. The highest BCUT2D eigenvalue weighted by Crippen LogP contribution is 2.38. The van der Waals surface area contributed by atoms with Gasteiger partial charge in [0.15, 0.2) is 0 Å². The van der Waals surface area contributed by atoms with Crippen LogP contribution in [0.2, 0.25) is 0 Å². The molecule has 4 heterocycles. The molecular weight excluding hydrogens is 526 g/mol. The van der Waals surface area contributed by atoms with Gasteiger partial charge < -0.3 is 9.55 Å². The zero-order valence-corrected chi connectivity index (χ0v) is 26.4. The molecule has 5 heteroatoms. The van der Waals surface area contributed by atoms with Crippen LogP contribution in [0.25, 0.3) is 61.4 Å². The van der Waals surface area contributed by atoms with E-state index in [0.29, 0.717) is 0 Å². The normalized spacial score (nSPS) is 12.7. The van der Waals surface area contributed by atoms with Crippen LogP contribution in [0.1, 0.15) is 58.4 Å². The first-order chi connectivity index (χ1) is 20.4. The van der Waals surface area contributed by atoms with Crippen molar-refractivity contribution in [3.8, 4) is 28.5 Å².